The molecule has 0 aliphatic rings. The third kappa shape index (κ3) is 5.45. The smallest absolute Gasteiger partial charge is 0.0486 e. The second-order valence-corrected chi connectivity index (χ2v) is 8.68. The summed E-state index contributed by atoms with van der Waals surface area (Å²) >= 11 is 0. The monoisotopic (exact) mass is 403 g/mol. The maximum absolute atomic E-state index is 2.44. The van der Waals surface area contributed by atoms with E-state index in [2.05, 4.69) is 109 Å². The van der Waals surface area contributed by atoms with E-state index in [1.165, 1.54) is 50.9 Å². The Hall–Kier alpha value is -2.28. The van der Waals surface area contributed by atoms with Gasteiger partial charge in [0.2, 0.25) is 0 Å². The topological polar surface area (TPSA) is 4.93 Å². The largest absolute Gasteiger partial charge is 0.347 e. The highest BCUT2D eigenvalue weighted by Crippen LogP contribution is 2.37. The molecule has 1 aromatic carbocycles. The Morgan fingerprint density at radius 1 is 1.10 bits per heavy atom. The molecule has 30 heavy (non-hydrogen) atoms. The molecule has 1 aromatic heterocycles. The minimum absolute atomic E-state index is 0.605. The molecule has 0 spiro atoms. The van der Waals surface area contributed by atoms with Crippen LogP contribution in [0.3, 0.4) is 0 Å². The summed E-state index contributed by atoms with van der Waals surface area (Å²) in [6, 6.07) is 8.80. The van der Waals surface area contributed by atoms with Gasteiger partial charge in [-0.25, -0.2) is 0 Å². The molecule has 1 heteroatoms. The van der Waals surface area contributed by atoms with Crippen LogP contribution in [0.25, 0.3) is 16.5 Å². The van der Waals surface area contributed by atoms with Gasteiger partial charge in [0.1, 0.15) is 0 Å². The van der Waals surface area contributed by atoms with Crippen molar-refractivity contribution in [3.05, 3.63) is 76.5 Å². The lowest BCUT2D eigenvalue weighted by Crippen LogP contribution is -1.97. The van der Waals surface area contributed by atoms with Gasteiger partial charge in [-0.2, -0.15) is 0 Å². The van der Waals surface area contributed by atoms with Crippen molar-refractivity contribution >= 4 is 16.5 Å². The van der Waals surface area contributed by atoms with Crippen LogP contribution in [0.1, 0.15) is 78.5 Å². The van der Waals surface area contributed by atoms with E-state index in [4.69, 9.17) is 0 Å². The highest BCUT2D eigenvalue weighted by molar-refractivity contribution is 5.98. The summed E-state index contributed by atoms with van der Waals surface area (Å²) in [6.07, 6.45) is 14.0. The molecule has 0 radical (unpaired) electrons. The van der Waals surface area contributed by atoms with Crippen LogP contribution in [-0.4, -0.2) is 4.57 Å². The molecule has 2 aromatic rings. The van der Waals surface area contributed by atoms with Gasteiger partial charge in [0.05, 0.1) is 0 Å². The summed E-state index contributed by atoms with van der Waals surface area (Å²) in [5, 5.41) is 1.35. The van der Waals surface area contributed by atoms with Crippen molar-refractivity contribution in [1.82, 2.24) is 4.57 Å². The number of hydrogen-bond donors (Lipinski definition) is 0. The van der Waals surface area contributed by atoms with E-state index in [0.717, 1.165) is 19.3 Å². The maximum Gasteiger partial charge on any atom is 0.0486 e. The van der Waals surface area contributed by atoms with Gasteiger partial charge in [-0.05, 0) is 62.3 Å². The Kier molecular flexibility index (Phi) is 8.96. The van der Waals surface area contributed by atoms with Crippen molar-refractivity contribution in [2.24, 2.45) is 13.0 Å². The fraction of sp³-hybridized carbons (Fsp3) is 0.448. The van der Waals surface area contributed by atoms with E-state index in [9.17, 15) is 0 Å². The number of benzene rings is 1. The number of hydrogen-bond acceptors (Lipinski definition) is 0. The summed E-state index contributed by atoms with van der Waals surface area (Å²) < 4.78 is 2.34. The van der Waals surface area contributed by atoms with E-state index in [0.29, 0.717) is 5.92 Å². The lowest BCUT2D eigenvalue weighted by Gasteiger charge is -2.15. The van der Waals surface area contributed by atoms with Gasteiger partial charge in [0, 0.05) is 29.2 Å². The second kappa shape index (κ2) is 11.2. The fourth-order valence-corrected chi connectivity index (χ4v) is 3.96. The number of para-hydroxylation sites is 1. The van der Waals surface area contributed by atoms with Crippen molar-refractivity contribution in [2.45, 2.75) is 74.1 Å². The molecule has 162 valence electrons. The first kappa shape index (κ1) is 24.0. The molecule has 0 amide bonds. The van der Waals surface area contributed by atoms with Crippen LogP contribution in [0.15, 0.2) is 65.3 Å². The summed E-state index contributed by atoms with van der Waals surface area (Å²) in [7, 11) is 2.18. The van der Waals surface area contributed by atoms with Crippen molar-refractivity contribution in [3.63, 3.8) is 0 Å². The Morgan fingerprint density at radius 3 is 2.40 bits per heavy atom. The van der Waals surface area contributed by atoms with Crippen molar-refractivity contribution in [1.29, 1.82) is 0 Å². The first-order chi connectivity index (χ1) is 14.3. The van der Waals surface area contributed by atoms with E-state index in [1.54, 1.807) is 0 Å². The third-order valence-corrected chi connectivity index (χ3v) is 6.10. The minimum Gasteiger partial charge on any atom is -0.347 e. The zero-order valence-electron chi connectivity index (χ0n) is 20.5. The molecule has 1 unspecified atom stereocenters. The van der Waals surface area contributed by atoms with Crippen LogP contribution in [0.5, 0.6) is 0 Å². The van der Waals surface area contributed by atoms with Gasteiger partial charge in [-0.3, -0.25) is 0 Å². The van der Waals surface area contributed by atoms with Gasteiger partial charge >= 0.3 is 0 Å². The summed E-state index contributed by atoms with van der Waals surface area (Å²) in [5.74, 6) is 0.605. The van der Waals surface area contributed by atoms with Crippen LogP contribution in [-0.2, 0) is 7.05 Å². The van der Waals surface area contributed by atoms with Gasteiger partial charge in [-0.1, -0.05) is 88.6 Å². The predicted octanol–water partition coefficient (Wildman–Crippen LogP) is 8.95. The van der Waals surface area contributed by atoms with E-state index in [1.807, 2.05) is 0 Å². The molecule has 0 saturated heterocycles. The number of rotatable bonds is 9. The van der Waals surface area contributed by atoms with Gasteiger partial charge < -0.3 is 4.57 Å². The van der Waals surface area contributed by atoms with Crippen molar-refractivity contribution in [2.75, 3.05) is 0 Å². The normalized spacial score (nSPS) is 14.0. The van der Waals surface area contributed by atoms with Crippen LogP contribution < -0.4 is 0 Å². The molecular formula is C29H41N. The first-order valence-electron chi connectivity index (χ1n) is 11.7. The lowest BCUT2D eigenvalue weighted by atomic mass is 9.89. The SMILES string of the molecule is CC/C=C(\C(=C\C(/C=C\C(C)CC)=C(C)C)CCC)c1c(C)n(C)c2ccccc12. The molecule has 1 nitrogen and oxygen atoms in total. The summed E-state index contributed by atoms with van der Waals surface area (Å²) in [4.78, 5) is 0. The van der Waals surface area contributed by atoms with Crippen molar-refractivity contribution in [3.8, 4) is 0 Å². The molecule has 1 heterocycles. The quantitative estimate of drug-likeness (QED) is 0.368. The highest BCUT2D eigenvalue weighted by atomic mass is 14.9. The third-order valence-electron chi connectivity index (χ3n) is 6.10. The zero-order chi connectivity index (χ0) is 22.3. The second-order valence-electron chi connectivity index (χ2n) is 8.68. The van der Waals surface area contributed by atoms with Gasteiger partial charge in [-0.15, -0.1) is 0 Å². The summed E-state index contributed by atoms with van der Waals surface area (Å²) in [6.45, 7) is 15.8. The van der Waals surface area contributed by atoms with E-state index >= 15 is 0 Å². The Bertz CT molecular complexity index is 971. The zero-order valence-corrected chi connectivity index (χ0v) is 20.5. The van der Waals surface area contributed by atoms with Crippen LogP contribution in [0.4, 0.5) is 0 Å². The van der Waals surface area contributed by atoms with E-state index in [-0.39, 0.29) is 0 Å². The highest BCUT2D eigenvalue weighted by Gasteiger charge is 2.18. The maximum atomic E-state index is 2.44. The molecule has 0 fully saturated rings. The molecule has 0 aliphatic heterocycles. The van der Waals surface area contributed by atoms with Crippen LogP contribution in [0, 0.1) is 12.8 Å². The molecule has 2 rings (SSSR count). The first-order valence-corrected chi connectivity index (χ1v) is 11.7. The number of aryl methyl sites for hydroxylation is 1. The Morgan fingerprint density at radius 2 is 1.80 bits per heavy atom. The van der Waals surface area contributed by atoms with Crippen molar-refractivity contribution < 1.29 is 0 Å². The van der Waals surface area contributed by atoms with Gasteiger partial charge in [0.25, 0.3) is 0 Å². The van der Waals surface area contributed by atoms with E-state index < -0.39 is 0 Å². The Balaban J connectivity index is 2.70. The predicted molar refractivity (Wildman–Crippen MR) is 136 cm³/mol. The van der Waals surface area contributed by atoms with Crippen LogP contribution in [0.2, 0.25) is 0 Å². The number of aromatic nitrogens is 1. The molecular weight excluding hydrogens is 362 g/mol. The Labute approximate surface area is 184 Å². The van der Waals surface area contributed by atoms with Gasteiger partial charge in [0.15, 0.2) is 0 Å². The molecule has 0 N–H and O–H groups in total. The molecule has 0 aliphatic carbocycles. The average molecular weight is 404 g/mol. The number of fused-ring (bicyclic) bond motifs is 1. The number of nitrogens with zero attached hydrogens (tertiary/aromatic N) is 1. The molecule has 0 saturated carbocycles. The average Bonchev–Trinajstić information content (AvgIpc) is 2.98. The molecule has 0 bridgehead atoms. The lowest BCUT2D eigenvalue weighted by molar-refractivity contribution is 0.698. The molecule has 1 atom stereocenters. The van der Waals surface area contributed by atoms with Crippen LogP contribution >= 0.6 is 0 Å². The fourth-order valence-electron chi connectivity index (χ4n) is 3.96. The number of allylic oxidation sites excluding steroid dienone is 8. The standard InChI is InChI=1S/C29H41N/c1-9-14-25(20-24(21(4)5)19-18-22(6)11-3)26(15-10-2)29-23(7)30(8)28-17-13-12-16-27(28)29/h12-13,15-20,22H,9-11,14H2,1-8H3/b19-18-,25-20+,26-15+. The minimum atomic E-state index is 0.605. The summed E-state index contributed by atoms with van der Waals surface area (Å²) in [5.41, 5.74) is 9.61.